The van der Waals surface area contributed by atoms with Gasteiger partial charge in [0.25, 0.3) is 5.91 Å². The molecule has 0 radical (unpaired) electrons. The second kappa shape index (κ2) is 9.04. The molecule has 8 heteroatoms. The van der Waals surface area contributed by atoms with Gasteiger partial charge in [0.15, 0.2) is 0 Å². The fraction of sp³-hybridized carbons (Fsp3) is 0.364. The van der Waals surface area contributed by atoms with Crippen LogP contribution in [0.1, 0.15) is 35.0 Å². The number of ether oxygens (including phenoxy) is 1. The fourth-order valence-corrected chi connectivity index (χ4v) is 3.56. The summed E-state index contributed by atoms with van der Waals surface area (Å²) in [5, 5.41) is 7.63. The first kappa shape index (κ1) is 20.0. The van der Waals surface area contributed by atoms with Crippen LogP contribution < -0.4 is 10.6 Å². The lowest BCUT2D eigenvalue weighted by molar-refractivity contribution is 0.0774. The molecule has 0 spiro atoms. The maximum absolute atomic E-state index is 12.8. The van der Waals surface area contributed by atoms with Gasteiger partial charge in [-0.05, 0) is 24.1 Å². The summed E-state index contributed by atoms with van der Waals surface area (Å²) in [6, 6.07) is 10.1. The lowest BCUT2D eigenvalue weighted by Gasteiger charge is -2.14. The first-order valence-corrected chi connectivity index (χ1v) is 10.2. The molecule has 4 rings (SSSR count). The average molecular weight is 406 g/mol. The van der Waals surface area contributed by atoms with Crippen LogP contribution in [0.2, 0.25) is 0 Å². The second-order valence-electron chi connectivity index (χ2n) is 7.26. The fourth-order valence-electron chi connectivity index (χ4n) is 3.56. The van der Waals surface area contributed by atoms with Gasteiger partial charge in [-0.3, -0.25) is 9.78 Å². The smallest absolute Gasteiger partial charge is 0.273 e. The van der Waals surface area contributed by atoms with E-state index in [1.54, 1.807) is 7.11 Å². The van der Waals surface area contributed by atoms with Crippen LogP contribution in [0.25, 0.3) is 10.9 Å². The molecule has 1 amide bonds. The third kappa shape index (κ3) is 4.18. The van der Waals surface area contributed by atoms with Crippen LogP contribution in [0.5, 0.6) is 0 Å². The van der Waals surface area contributed by atoms with E-state index in [4.69, 9.17) is 4.74 Å². The summed E-state index contributed by atoms with van der Waals surface area (Å²) < 4.78 is 5.08. The number of aromatic nitrogens is 3. The predicted molar refractivity (Wildman–Crippen MR) is 116 cm³/mol. The SMILES string of the molecule is CCCN1Cc2c(NCc3cnc4ccccc4c3)nc(NCCOC)nc2C1=O. The van der Waals surface area contributed by atoms with Gasteiger partial charge in [0.1, 0.15) is 11.5 Å². The quantitative estimate of drug-likeness (QED) is 0.528. The number of para-hydroxylation sites is 1. The Morgan fingerprint density at radius 1 is 1.20 bits per heavy atom. The van der Waals surface area contributed by atoms with Gasteiger partial charge in [0.2, 0.25) is 5.95 Å². The van der Waals surface area contributed by atoms with Crippen molar-refractivity contribution >= 4 is 28.6 Å². The summed E-state index contributed by atoms with van der Waals surface area (Å²) >= 11 is 0. The van der Waals surface area contributed by atoms with Crippen molar-refractivity contribution in [3.63, 3.8) is 0 Å². The Kier molecular flexibility index (Phi) is 6.04. The molecule has 0 atom stereocenters. The topological polar surface area (TPSA) is 92.3 Å². The number of carbonyl (C=O) groups is 1. The molecule has 30 heavy (non-hydrogen) atoms. The lowest BCUT2D eigenvalue weighted by Crippen LogP contribution is -2.24. The van der Waals surface area contributed by atoms with Crippen molar-refractivity contribution in [1.82, 2.24) is 19.9 Å². The van der Waals surface area contributed by atoms with Crippen LogP contribution in [0.15, 0.2) is 36.5 Å². The molecule has 3 aromatic rings. The number of pyridine rings is 1. The number of carbonyl (C=O) groups excluding carboxylic acids is 1. The van der Waals surface area contributed by atoms with E-state index in [0.717, 1.165) is 28.5 Å². The number of nitrogens with zero attached hydrogens (tertiary/aromatic N) is 4. The highest BCUT2D eigenvalue weighted by Gasteiger charge is 2.32. The van der Waals surface area contributed by atoms with Crippen molar-refractivity contribution in [2.24, 2.45) is 0 Å². The third-order valence-electron chi connectivity index (χ3n) is 5.04. The minimum absolute atomic E-state index is 0.0422. The van der Waals surface area contributed by atoms with Gasteiger partial charge >= 0.3 is 0 Å². The Bertz CT molecular complexity index is 1050. The van der Waals surface area contributed by atoms with Crippen molar-refractivity contribution in [2.45, 2.75) is 26.4 Å². The zero-order valence-electron chi connectivity index (χ0n) is 17.3. The maximum Gasteiger partial charge on any atom is 0.273 e. The number of amides is 1. The molecule has 1 aliphatic heterocycles. The van der Waals surface area contributed by atoms with Crippen LogP contribution >= 0.6 is 0 Å². The van der Waals surface area contributed by atoms with Gasteiger partial charge in [-0.1, -0.05) is 25.1 Å². The number of hydrogen-bond acceptors (Lipinski definition) is 7. The Hall–Kier alpha value is -3.26. The summed E-state index contributed by atoms with van der Waals surface area (Å²) in [5.41, 5.74) is 3.33. The standard InChI is InChI=1S/C22H26N6O2/c1-3-9-28-14-17-19(21(28)29)26-22(23-8-10-30-2)27-20(17)25-13-15-11-16-6-4-5-7-18(16)24-12-15/h4-7,11-12H,3,8-10,13-14H2,1-2H3,(H2,23,25,26,27). The molecular formula is C22H26N6O2. The Morgan fingerprint density at radius 3 is 2.90 bits per heavy atom. The molecule has 8 nitrogen and oxygen atoms in total. The number of rotatable bonds is 9. The molecule has 2 N–H and O–H groups in total. The highest BCUT2D eigenvalue weighted by atomic mass is 16.5. The van der Waals surface area contributed by atoms with Crippen LogP contribution in [-0.4, -0.2) is 52.6 Å². The van der Waals surface area contributed by atoms with Crippen LogP contribution in [0, 0.1) is 0 Å². The Balaban J connectivity index is 1.59. The van der Waals surface area contributed by atoms with Crippen LogP contribution in [0.4, 0.5) is 11.8 Å². The molecule has 1 aliphatic rings. The van der Waals surface area contributed by atoms with Crippen LogP contribution in [0.3, 0.4) is 0 Å². The summed E-state index contributed by atoms with van der Waals surface area (Å²) in [6.45, 7) is 4.94. The summed E-state index contributed by atoms with van der Waals surface area (Å²) in [6.07, 6.45) is 2.76. The zero-order chi connectivity index (χ0) is 20.9. The third-order valence-corrected chi connectivity index (χ3v) is 5.04. The summed E-state index contributed by atoms with van der Waals surface area (Å²) in [5.74, 6) is 1.07. The molecule has 0 fully saturated rings. The van der Waals surface area contributed by atoms with E-state index < -0.39 is 0 Å². The largest absolute Gasteiger partial charge is 0.383 e. The average Bonchev–Trinajstić information content (AvgIpc) is 3.08. The molecule has 156 valence electrons. The monoisotopic (exact) mass is 406 g/mol. The highest BCUT2D eigenvalue weighted by molar-refractivity contribution is 5.98. The van der Waals surface area contributed by atoms with Crippen LogP contribution in [-0.2, 0) is 17.8 Å². The van der Waals surface area contributed by atoms with Crippen molar-refractivity contribution in [2.75, 3.05) is 37.4 Å². The van der Waals surface area contributed by atoms with E-state index in [-0.39, 0.29) is 5.91 Å². The van der Waals surface area contributed by atoms with E-state index >= 15 is 0 Å². The van der Waals surface area contributed by atoms with Crippen molar-refractivity contribution < 1.29 is 9.53 Å². The molecule has 0 saturated carbocycles. The van der Waals surface area contributed by atoms with E-state index in [0.29, 0.717) is 50.2 Å². The second-order valence-corrected chi connectivity index (χ2v) is 7.26. The van der Waals surface area contributed by atoms with Crippen molar-refractivity contribution in [3.8, 4) is 0 Å². The van der Waals surface area contributed by atoms with E-state index in [2.05, 4.69) is 38.6 Å². The minimum atomic E-state index is -0.0422. The van der Waals surface area contributed by atoms with Gasteiger partial charge in [-0.15, -0.1) is 0 Å². The number of hydrogen-bond donors (Lipinski definition) is 2. The minimum Gasteiger partial charge on any atom is -0.383 e. The molecule has 0 aliphatic carbocycles. The van der Waals surface area contributed by atoms with E-state index in [1.807, 2.05) is 35.4 Å². The number of methoxy groups -OCH3 is 1. The van der Waals surface area contributed by atoms with E-state index in [1.165, 1.54) is 0 Å². The molecule has 2 aromatic heterocycles. The number of anilines is 2. The summed E-state index contributed by atoms with van der Waals surface area (Å²) in [7, 11) is 1.64. The van der Waals surface area contributed by atoms with Crippen molar-refractivity contribution in [1.29, 1.82) is 0 Å². The summed E-state index contributed by atoms with van der Waals surface area (Å²) in [4.78, 5) is 28.2. The normalized spacial score (nSPS) is 13.0. The Labute approximate surface area is 175 Å². The Morgan fingerprint density at radius 2 is 2.07 bits per heavy atom. The number of nitrogens with one attached hydrogen (secondary N) is 2. The first-order valence-electron chi connectivity index (χ1n) is 10.2. The molecular weight excluding hydrogens is 380 g/mol. The van der Waals surface area contributed by atoms with Gasteiger partial charge in [0, 0.05) is 43.9 Å². The highest BCUT2D eigenvalue weighted by Crippen LogP contribution is 2.28. The van der Waals surface area contributed by atoms with Gasteiger partial charge < -0.3 is 20.3 Å². The zero-order valence-corrected chi connectivity index (χ0v) is 17.3. The molecule has 0 saturated heterocycles. The molecule has 1 aromatic carbocycles. The van der Waals surface area contributed by atoms with Crippen molar-refractivity contribution in [3.05, 3.63) is 53.3 Å². The van der Waals surface area contributed by atoms with Gasteiger partial charge in [-0.25, -0.2) is 4.98 Å². The van der Waals surface area contributed by atoms with E-state index in [9.17, 15) is 4.79 Å². The maximum atomic E-state index is 12.8. The molecule has 3 heterocycles. The van der Waals surface area contributed by atoms with Gasteiger partial charge in [0.05, 0.1) is 18.7 Å². The molecule has 0 bridgehead atoms. The van der Waals surface area contributed by atoms with Gasteiger partial charge in [-0.2, -0.15) is 4.98 Å². The first-order chi connectivity index (χ1) is 14.7. The lowest BCUT2D eigenvalue weighted by atomic mass is 10.1. The predicted octanol–water partition coefficient (Wildman–Crippen LogP) is 3.06. The number of benzene rings is 1. The molecule has 0 unspecified atom stereocenters. The number of fused-ring (bicyclic) bond motifs is 2.